The Morgan fingerprint density at radius 2 is 2.19 bits per heavy atom. The van der Waals surface area contributed by atoms with Crippen molar-refractivity contribution in [3.63, 3.8) is 0 Å². The quantitative estimate of drug-likeness (QED) is 0.514. The molecule has 150 valence electrons. The number of hydrogen-bond acceptors (Lipinski definition) is 2. The smallest absolute Gasteiger partial charge is 0.0960 e. The first-order valence-electron chi connectivity index (χ1n) is 10.8. The van der Waals surface area contributed by atoms with Crippen molar-refractivity contribution in [2.24, 2.45) is 22.7 Å². The maximum absolute atomic E-state index is 10.9. The monoisotopic (exact) mass is 370 g/mol. The molecule has 0 radical (unpaired) electrons. The van der Waals surface area contributed by atoms with Gasteiger partial charge in [0.1, 0.15) is 0 Å². The number of aliphatic hydroxyl groups is 1. The van der Waals surface area contributed by atoms with Gasteiger partial charge < -0.3 is 9.52 Å². The van der Waals surface area contributed by atoms with Crippen LogP contribution in [0.3, 0.4) is 0 Å². The first-order valence-corrected chi connectivity index (χ1v) is 10.8. The van der Waals surface area contributed by atoms with Crippen molar-refractivity contribution in [3.8, 4) is 0 Å². The Bertz CT molecular complexity index is 671. The normalized spacial score (nSPS) is 34.6. The molecule has 3 rings (SSSR count). The van der Waals surface area contributed by atoms with E-state index in [0.29, 0.717) is 17.3 Å². The van der Waals surface area contributed by atoms with Gasteiger partial charge in [-0.1, -0.05) is 44.4 Å². The Morgan fingerprint density at radius 1 is 1.41 bits per heavy atom. The van der Waals surface area contributed by atoms with Crippen molar-refractivity contribution in [1.29, 1.82) is 0 Å². The fourth-order valence-electron chi connectivity index (χ4n) is 5.80. The second-order valence-electron chi connectivity index (χ2n) is 9.89. The van der Waals surface area contributed by atoms with E-state index in [4.69, 9.17) is 4.42 Å². The van der Waals surface area contributed by atoms with Crippen LogP contribution in [-0.2, 0) is 0 Å². The lowest BCUT2D eigenvalue weighted by molar-refractivity contribution is 0.00550. The van der Waals surface area contributed by atoms with Gasteiger partial charge in [0.25, 0.3) is 0 Å². The molecule has 0 amide bonds. The van der Waals surface area contributed by atoms with Gasteiger partial charge in [0.15, 0.2) is 0 Å². The van der Waals surface area contributed by atoms with Crippen LogP contribution in [0.25, 0.3) is 0 Å². The van der Waals surface area contributed by atoms with Crippen LogP contribution in [-0.4, -0.2) is 5.11 Å². The van der Waals surface area contributed by atoms with Gasteiger partial charge in [-0.25, -0.2) is 0 Å². The molecule has 1 fully saturated rings. The minimum Gasteiger partial charge on any atom is -0.472 e. The molecule has 1 heterocycles. The molecular formula is C25H38O2. The van der Waals surface area contributed by atoms with Crippen LogP contribution in [0.2, 0.25) is 0 Å². The maximum Gasteiger partial charge on any atom is 0.0960 e. The summed E-state index contributed by atoms with van der Waals surface area (Å²) in [6, 6.07) is 1.90. The number of aliphatic hydroxyl groups excluding tert-OH is 1. The molecule has 2 aliphatic carbocycles. The third-order valence-electron chi connectivity index (χ3n) is 7.80. The fraction of sp³-hybridized carbons (Fsp3) is 0.680. The molecule has 0 aliphatic heterocycles. The Hall–Kier alpha value is -1.28. The highest BCUT2D eigenvalue weighted by molar-refractivity contribution is 5.26. The lowest BCUT2D eigenvalue weighted by Gasteiger charge is -2.54. The second-order valence-corrected chi connectivity index (χ2v) is 9.89. The summed E-state index contributed by atoms with van der Waals surface area (Å²) in [6.07, 6.45) is 15.0. The van der Waals surface area contributed by atoms with E-state index in [0.717, 1.165) is 24.8 Å². The molecule has 27 heavy (non-hydrogen) atoms. The summed E-state index contributed by atoms with van der Waals surface area (Å²) in [5.74, 6) is 1.18. The number of fused-ring (bicyclic) bond motifs is 1. The van der Waals surface area contributed by atoms with Gasteiger partial charge in [-0.2, -0.15) is 0 Å². The van der Waals surface area contributed by atoms with E-state index in [1.807, 2.05) is 6.07 Å². The van der Waals surface area contributed by atoms with E-state index >= 15 is 0 Å². The molecular weight excluding hydrogens is 332 g/mol. The van der Waals surface area contributed by atoms with Crippen molar-refractivity contribution in [2.45, 2.75) is 85.2 Å². The van der Waals surface area contributed by atoms with Gasteiger partial charge in [0, 0.05) is 5.56 Å². The van der Waals surface area contributed by atoms with E-state index in [1.165, 1.54) is 37.7 Å². The first-order chi connectivity index (χ1) is 12.8. The van der Waals surface area contributed by atoms with E-state index in [2.05, 4.69) is 40.3 Å². The van der Waals surface area contributed by atoms with Crippen molar-refractivity contribution in [2.75, 3.05) is 0 Å². The largest absolute Gasteiger partial charge is 0.472 e. The molecule has 1 N–H and O–H groups in total. The Balaban J connectivity index is 1.81. The van der Waals surface area contributed by atoms with Gasteiger partial charge in [-0.05, 0) is 80.6 Å². The second kappa shape index (κ2) is 7.99. The van der Waals surface area contributed by atoms with Crippen LogP contribution < -0.4 is 0 Å². The minimum atomic E-state index is -0.438. The predicted molar refractivity (Wildman–Crippen MR) is 112 cm³/mol. The molecule has 0 saturated heterocycles. The highest BCUT2D eigenvalue weighted by Crippen LogP contribution is 2.60. The lowest BCUT2D eigenvalue weighted by atomic mass is 9.50. The summed E-state index contributed by atoms with van der Waals surface area (Å²) in [7, 11) is 0. The highest BCUT2D eigenvalue weighted by atomic mass is 16.3. The Morgan fingerprint density at radius 3 is 2.85 bits per heavy atom. The van der Waals surface area contributed by atoms with Crippen LogP contribution in [0.15, 0.2) is 46.8 Å². The molecule has 0 bridgehead atoms. The van der Waals surface area contributed by atoms with Gasteiger partial charge in [0.2, 0.25) is 0 Å². The molecule has 0 spiro atoms. The van der Waals surface area contributed by atoms with Crippen LogP contribution >= 0.6 is 0 Å². The zero-order valence-corrected chi connectivity index (χ0v) is 17.8. The molecule has 5 atom stereocenters. The fourth-order valence-corrected chi connectivity index (χ4v) is 5.80. The average Bonchev–Trinajstić information content (AvgIpc) is 3.13. The molecule has 2 heteroatoms. The van der Waals surface area contributed by atoms with Gasteiger partial charge in [0.05, 0.1) is 18.6 Å². The summed E-state index contributed by atoms with van der Waals surface area (Å²) in [4.78, 5) is 0. The summed E-state index contributed by atoms with van der Waals surface area (Å²) in [5.41, 5.74) is 4.36. The van der Waals surface area contributed by atoms with Gasteiger partial charge in [-0.3, -0.25) is 0 Å². The summed E-state index contributed by atoms with van der Waals surface area (Å²) in [6.45, 7) is 13.5. The zero-order chi connectivity index (χ0) is 19.7. The van der Waals surface area contributed by atoms with E-state index in [1.54, 1.807) is 18.1 Å². The molecule has 1 aromatic heterocycles. The van der Waals surface area contributed by atoms with Crippen molar-refractivity contribution >= 4 is 0 Å². The van der Waals surface area contributed by atoms with E-state index < -0.39 is 6.10 Å². The predicted octanol–water partition coefficient (Wildman–Crippen LogP) is 7.23. The SMILES string of the molecule is C=C(C)CCC[C@]1(C)CCC[C@@H]2C1=CC[C@@H](C)[C@@]2(C)C[C@H](O)c1ccoc1. The zero-order valence-electron chi connectivity index (χ0n) is 17.8. The van der Waals surface area contributed by atoms with Crippen LogP contribution in [0.4, 0.5) is 0 Å². The average molecular weight is 371 g/mol. The maximum atomic E-state index is 10.9. The standard InChI is InChI=1S/C25H38O2/c1-18(2)8-6-13-24(4)14-7-9-22-21(24)11-10-19(3)25(22,5)16-23(26)20-12-15-27-17-20/h11-12,15,17,19,22-23,26H,1,6-10,13-14,16H2,2-5H3/t19-,22-,23+,24-,25-/m1/s1. The van der Waals surface area contributed by atoms with Crippen LogP contribution in [0, 0.1) is 22.7 Å². The van der Waals surface area contributed by atoms with E-state index in [-0.39, 0.29) is 5.41 Å². The number of allylic oxidation sites excluding steroid dienone is 3. The first kappa shape index (κ1) is 20.5. The summed E-state index contributed by atoms with van der Waals surface area (Å²) in [5, 5.41) is 10.9. The third-order valence-corrected chi connectivity index (χ3v) is 7.80. The summed E-state index contributed by atoms with van der Waals surface area (Å²) >= 11 is 0. The minimum absolute atomic E-state index is 0.136. The van der Waals surface area contributed by atoms with Crippen LogP contribution in [0.5, 0.6) is 0 Å². The molecule has 1 aromatic rings. The molecule has 0 unspecified atom stereocenters. The molecule has 1 saturated carbocycles. The molecule has 2 nitrogen and oxygen atoms in total. The van der Waals surface area contributed by atoms with Gasteiger partial charge in [-0.15, -0.1) is 6.58 Å². The van der Waals surface area contributed by atoms with Gasteiger partial charge >= 0.3 is 0 Å². The van der Waals surface area contributed by atoms with Crippen molar-refractivity contribution in [1.82, 2.24) is 0 Å². The van der Waals surface area contributed by atoms with E-state index in [9.17, 15) is 5.11 Å². The molecule has 0 aromatic carbocycles. The number of rotatable bonds is 7. The van der Waals surface area contributed by atoms with Crippen molar-refractivity contribution in [3.05, 3.63) is 48.0 Å². The third kappa shape index (κ3) is 4.11. The summed E-state index contributed by atoms with van der Waals surface area (Å²) < 4.78 is 5.21. The number of hydrogen-bond donors (Lipinski definition) is 1. The Labute approximate surface area is 165 Å². The lowest BCUT2D eigenvalue weighted by Crippen LogP contribution is -2.45. The topological polar surface area (TPSA) is 33.4 Å². The highest BCUT2D eigenvalue weighted by Gasteiger charge is 2.49. The number of furan rings is 1. The van der Waals surface area contributed by atoms with Crippen molar-refractivity contribution < 1.29 is 9.52 Å². The molecule has 2 aliphatic rings. The van der Waals surface area contributed by atoms with Crippen LogP contribution in [0.1, 0.15) is 90.7 Å². The Kier molecular flexibility index (Phi) is 6.05.